The molecule has 2 aromatic carbocycles. The number of nitrogens with zero attached hydrogens (tertiary/aromatic N) is 3. The van der Waals surface area contributed by atoms with Gasteiger partial charge < -0.3 is 9.88 Å². The molecule has 3 aromatic rings. The second-order valence-electron chi connectivity index (χ2n) is 7.58. The number of aromatic nitrogens is 2. The van der Waals surface area contributed by atoms with Crippen molar-refractivity contribution >= 4 is 38.7 Å². The predicted molar refractivity (Wildman–Crippen MR) is 129 cm³/mol. The molecule has 0 aliphatic heterocycles. The Labute approximate surface area is 194 Å². The Hall–Kier alpha value is -2.36. The number of thioether (sulfide) groups is 1. The first-order valence-electron chi connectivity index (χ1n) is 10.7. The highest BCUT2D eigenvalue weighted by Gasteiger charge is 2.19. The molecule has 0 fully saturated rings. The number of benzene rings is 2. The van der Waals surface area contributed by atoms with Crippen LogP contribution in [0.5, 0.6) is 0 Å². The fourth-order valence-corrected chi connectivity index (χ4v) is 5.19. The minimum atomic E-state index is -3.52. The second-order valence-corrected chi connectivity index (χ2v) is 10.9. The summed E-state index contributed by atoms with van der Waals surface area (Å²) in [5.74, 6) is 1.74. The van der Waals surface area contributed by atoms with E-state index in [0.29, 0.717) is 31.4 Å². The number of carbonyl (C=O) groups is 1. The van der Waals surface area contributed by atoms with Crippen molar-refractivity contribution in [2.75, 3.05) is 26.4 Å². The van der Waals surface area contributed by atoms with Crippen molar-refractivity contribution in [2.45, 2.75) is 42.5 Å². The second kappa shape index (κ2) is 11.0. The summed E-state index contributed by atoms with van der Waals surface area (Å²) < 4.78 is 28.1. The zero-order valence-corrected chi connectivity index (χ0v) is 20.4. The number of hydrogen-bond acceptors (Lipinski definition) is 5. The Bertz CT molecular complexity index is 1160. The van der Waals surface area contributed by atoms with Crippen molar-refractivity contribution in [3.63, 3.8) is 0 Å². The Balaban J connectivity index is 1.55. The first-order chi connectivity index (χ1) is 15.3. The lowest BCUT2D eigenvalue weighted by Crippen LogP contribution is -2.25. The summed E-state index contributed by atoms with van der Waals surface area (Å²) in [4.78, 5) is 18.4. The lowest BCUT2D eigenvalue weighted by Gasteiger charge is -2.11. The fourth-order valence-electron chi connectivity index (χ4n) is 3.39. The molecule has 9 heteroatoms. The molecule has 1 heterocycles. The van der Waals surface area contributed by atoms with Crippen LogP contribution in [0.15, 0.2) is 58.3 Å². The SMILES string of the molecule is CCn1c(CCC(=O)NCCCSc2ccccc2)nc2cc(S(=O)(=O)N(C)C)ccc21. The molecule has 0 radical (unpaired) electrons. The number of hydrogen-bond donors (Lipinski definition) is 1. The van der Waals surface area contributed by atoms with E-state index >= 15 is 0 Å². The first-order valence-corrected chi connectivity index (χ1v) is 13.1. The lowest BCUT2D eigenvalue weighted by atomic mass is 10.2. The molecule has 0 saturated heterocycles. The summed E-state index contributed by atoms with van der Waals surface area (Å²) in [6.45, 7) is 3.36. The van der Waals surface area contributed by atoms with Crippen molar-refractivity contribution in [1.82, 2.24) is 19.2 Å². The molecule has 172 valence electrons. The van der Waals surface area contributed by atoms with Crippen LogP contribution in [-0.2, 0) is 27.8 Å². The Morgan fingerprint density at radius 2 is 1.91 bits per heavy atom. The molecular weight excluding hydrogens is 444 g/mol. The number of sulfonamides is 1. The van der Waals surface area contributed by atoms with Gasteiger partial charge in [-0.1, -0.05) is 18.2 Å². The van der Waals surface area contributed by atoms with E-state index in [4.69, 9.17) is 0 Å². The van der Waals surface area contributed by atoms with Gasteiger partial charge in [-0.05, 0) is 49.4 Å². The number of amides is 1. The molecule has 0 spiro atoms. The number of fused-ring (bicyclic) bond motifs is 1. The van der Waals surface area contributed by atoms with Gasteiger partial charge in [0.1, 0.15) is 5.82 Å². The van der Waals surface area contributed by atoms with Crippen LogP contribution in [0, 0.1) is 0 Å². The normalized spacial score (nSPS) is 11.9. The van der Waals surface area contributed by atoms with Crippen molar-refractivity contribution in [1.29, 1.82) is 0 Å². The van der Waals surface area contributed by atoms with Gasteiger partial charge in [0.25, 0.3) is 0 Å². The number of aryl methyl sites for hydroxylation is 2. The quantitative estimate of drug-likeness (QED) is 0.339. The molecule has 0 bridgehead atoms. The predicted octanol–water partition coefficient (Wildman–Crippen LogP) is 3.54. The summed E-state index contributed by atoms with van der Waals surface area (Å²) in [5.41, 5.74) is 1.50. The van der Waals surface area contributed by atoms with Gasteiger partial charge in [-0.25, -0.2) is 17.7 Å². The maximum atomic E-state index is 12.4. The van der Waals surface area contributed by atoms with E-state index in [-0.39, 0.29) is 10.8 Å². The van der Waals surface area contributed by atoms with E-state index < -0.39 is 10.0 Å². The first kappa shape index (κ1) is 24.3. The minimum absolute atomic E-state index is 0.000273. The Kier molecular flexibility index (Phi) is 8.33. The van der Waals surface area contributed by atoms with Gasteiger partial charge in [0.2, 0.25) is 15.9 Å². The standard InChI is InChI=1S/C23H30N4O3S2/c1-4-27-21-12-11-19(32(29,30)26(2)3)17-20(21)25-22(27)13-14-23(28)24-15-8-16-31-18-9-6-5-7-10-18/h5-7,9-12,17H,4,8,13-16H2,1-3H3,(H,24,28). The highest BCUT2D eigenvalue weighted by Crippen LogP contribution is 2.23. The zero-order chi connectivity index (χ0) is 23.1. The number of nitrogens with one attached hydrogen (secondary N) is 1. The van der Waals surface area contributed by atoms with Crippen LogP contribution >= 0.6 is 11.8 Å². The van der Waals surface area contributed by atoms with Crippen molar-refractivity contribution in [2.24, 2.45) is 0 Å². The molecule has 7 nitrogen and oxygen atoms in total. The third kappa shape index (κ3) is 5.90. The van der Waals surface area contributed by atoms with Gasteiger partial charge in [0, 0.05) is 44.9 Å². The van der Waals surface area contributed by atoms with Crippen molar-refractivity contribution in [3.05, 3.63) is 54.4 Å². The summed E-state index contributed by atoms with van der Waals surface area (Å²) in [6.07, 6.45) is 1.75. The lowest BCUT2D eigenvalue weighted by molar-refractivity contribution is -0.121. The summed E-state index contributed by atoms with van der Waals surface area (Å²) >= 11 is 1.78. The number of imidazole rings is 1. The van der Waals surface area contributed by atoms with Crippen LogP contribution in [0.1, 0.15) is 25.6 Å². The van der Waals surface area contributed by atoms with Crippen LogP contribution in [0.3, 0.4) is 0 Å². The Morgan fingerprint density at radius 1 is 1.16 bits per heavy atom. The average Bonchev–Trinajstić information content (AvgIpc) is 3.14. The summed E-state index contributed by atoms with van der Waals surface area (Å²) in [6, 6.07) is 15.2. The van der Waals surface area contributed by atoms with Gasteiger partial charge in [-0.3, -0.25) is 4.79 Å². The molecule has 3 rings (SSSR count). The van der Waals surface area contributed by atoms with Crippen molar-refractivity contribution < 1.29 is 13.2 Å². The average molecular weight is 475 g/mol. The number of carbonyl (C=O) groups excluding carboxylic acids is 1. The topological polar surface area (TPSA) is 84.3 Å². The van der Waals surface area contributed by atoms with Crippen LogP contribution < -0.4 is 5.32 Å². The summed E-state index contributed by atoms with van der Waals surface area (Å²) in [5, 5.41) is 2.98. The zero-order valence-electron chi connectivity index (χ0n) is 18.7. The highest BCUT2D eigenvalue weighted by molar-refractivity contribution is 7.99. The minimum Gasteiger partial charge on any atom is -0.356 e. The van der Waals surface area contributed by atoms with Crippen LogP contribution in [0.2, 0.25) is 0 Å². The van der Waals surface area contributed by atoms with Gasteiger partial charge in [-0.15, -0.1) is 11.8 Å². The molecule has 0 unspecified atom stereocenters. The monoisotopic (exact) mass is 474 g/mol. The molecule has 1 aromatic heterocycles. The van der Waals surface area contributed by atoms with Crippen LogP contribution in [0.25, 0.3) is 11.0 Å². The van der Waals surface area contributed by atoms with Gasteiger partial charge in [0.05, 0.1) is 15.9 Å². The smallest absolute Gasteiger partial charge is 0.242 e. The molecule has 0 saturated carbocycles. The maximum absolute atomic E-state index is 12.4. The van der Waals surface area contributed by atoms with E-state index in [1.165, 1.54) is 23.3 Å². The van der Waals surface area contributed by atoms with E-state index in [2.05, 4.69) is 22.4 Å². The maximum Gasteiger partial charge on any atom is 0.242 e. The van der Waals surface area contributed by atoms with Gasteiger partial charge in [-0.2, -0.15) is 0 Å². The Morgan fingerprint density at radius 3 is 2.59 bits per heavy atom. The van der Waals surface area contributed by atoms with E-state index in [0.717, 1.165) is 23.5 Å². The van der Waals surface area contributed by atoms with E-state index in [1.807, 2.05) is 29.7 Å². The van der Waals surface area contributed by atoms with Crippen LogP contribution in [0.4, 0.5) is 0 Å². The fraction of sp³-hybridized carbons (Fsp3) is 0.391. The molecule has 0 aliphatic rings. The third-order valence-electron chi connectivity index (χ3n) is 5.12. The van der Waals surface area contributed by atoms with Gasteiger partial charge >= 0.3 is 0 Å². The number of rotatable bonds is 11. The van der Waals surface area contributed by atoms with E-state index in [9.17, 15) is 13.2 Å². The molecule has 0 aliphatic carbocycles. The molecule has 1 N–H and O–H groups in total. The largest absolute Gasteiger partial charge is 0.356 e. The molecular formula is C23H30N4O3S2. The van der Waals surface area contributed by atoms with Crippen LogP contribution in [-0.4, -0.2) is 54.6 Å². The molecule has 0 atom stereocenters. The molecule has 32 heavy (non-hydrogen) atoms. The third-order valence-corrected chi connectivity index (χ3v) is 8.03. The van der Waals surface area contributed by atoms with Crippen molar-refractivity contribution in [3.8, 4) is 0 Å². The molecule has 1 amide bonds. The van der Waals surface area contributed by atoms with E-state index in [1.54, 1.807) is 30.0 Å². The summed E-state index contributed by atoms with van der Waals surface area (Å²) in [7, 11) is -0.502. The van der Waals surface area contributed by atoms with Gasteiger partial charge in [0.15, 0.2) is 0 Å². The highest BCUT2D eigenvalue weighted by atomic mass is 32.2.